The normalized spacial score (nSPS) is 9.57. The summed E-state index contributed by atoms with van der Waals surface area (Å²) in [5.41, 5.74) is 0. The zero-order chi connectivity index (χ0) is 5.70. The zero-order valence-corrected chi connectivity index (χ0v) is 5.15. The second kappa shape index (κ2) is 3.91. The van der Waals surface area contributed by atoms with Gasteiger partial charge < -0.3 is 0 Å². The predicted molar refractivity (Wildman–Crippen MR) is 32.9 cm³/mol. The predicted octanol–water partition coefficient (Wildman–Crippen LogP) is 2.41. The minimum Gasteiger partial charge on any atom is -0.0815 e. The van der Waals surface area contributed by atoms with E-state index in [1.807, 2.05) is 0 Å². The van der Waals surface area contributed by atoms with Gasteiger partial charge in [0.15, 0.2) is 0 Å². The Kier molecular flexibility index (Phi) is 3.77. The molecule has 1 radical (unpaired) electrons. The van der Waals surface area contributed by atoms with Crippen molar-refractivity contribution in [3.05, 3.63) is 12.7 Å². The molecule has 0 aromatic rings. The summed E-state index contributed by atoms with van der Waals surface area (Å²) < 4.78 is 0. The summed E-state index contributed by atoms with van der Waals surface area (Å²) in [5, 5.41) is 0. The maximum Gasteiger partial charge on any atom is -0.0236 e. The van der Waals surface area contributed by atoms with Crippen LogP contribution in [0.2, 0.25) is 0 Å². The van der Waals surface area contributed by atoms with Gasteiger partial charge in [-0.2, -0.15) is 0 Å². The van der Waals surface area contributed by atoms with Gasteiger partial charge in [0.2, 0.25) is 0 Å². The molecule has 0 saturated carbocycles. The molecule has 0 aliphatic carbocycles. The van der Waals surface area contributed by atoms with Crippen LogP contribution in [0, 0.1) is 12.5 Å². The molecule has 0 saturated heterocycles. The first-order valence-corrected chi connectivity index (χ1v) is 2.90. The van der Waals surface area contributed by atoms with Crippen molar-refractivity contribution in [2.45, 2.75) is 26.7 Å². The van der Waals surface area contributed by atoms with Crippen molar-refractivity contribution in [2.24, 2.45) is 5.92 Å². The topological polar surface area (TPSA) is 0 Å². The van der Waals surface area contributed by atoms with Gasteiger partial charge >= 0.3 is 0 Å². The summed E-state index contributed by atoms with van der Waals surface area (Å²) in [6.45, 7) is 9.57. The minimum absolute atomic E-state index is 0.639. The Morgan fingerprint density at radius 2 is 1.86 bits per heavy atom. The third-order valence-corrected chi connectivity index (χ3v) is 1.32. The van der Waals surface area contributed by atoms with E-state index in [1.165, 1.54) is 12.8 Å². The molecule has 0 amide bonds. The van der Waals surface area contributed by atoms with Crippen LogP contribution < -0.4 is 0 Å². The Labute approximate surface area is 46.2 Å². The maximum absolute atomic E-state index is 5.27. The fourth-order valence-corrected chi connectivity index (χ4v) is 0.561. The molecule has 0 nitrogen and oxygen atoms in total. The molecule has 0 heterocycles. The van der Waals surface area contributed by atoms with E-state index in [2.05, 4.69) is 13.8 Å². The highest BCUT2D eigenvalue weighted by Crippen LogP contribution is 2.06. The summed E-state index contributed by atoms with van der Waals surface area (Å²) in [4.78, 5) is 0. The molecule has 0 atom stereocenters. The van der Waals surface area contributed by atoms with Crippen molar-refractivity contribution >= 4 is 0 Å². The molecule has 0 fully saturated rings. The van der Waals surface area contributed by atoms with Crippen LogP contribution in [-0.4, -0.2) is 0 Å². The summed E-state index contributed by atoms with van der Waals surface area (Å²) in [6.07, 6.45) is 4.12. The van der Waals surface area contributed by atoms with E-state index in [9.17, 15) is 0 Å². The van der Waals surface area contributed by atoms with Crippen LogP contribution >= 0.6 is 0 Å². The highest BCUT2D eigenvalue weighted by molar-refractivity contribution is 4.72. The lowest BCUT2D eigenvalue weighted by Crippen LogP contribution is -1.87. The molecule has 0 aliphatic heterocycles. The van der Waals surface area contributed by atoms with Crippen LogP contribution in [0.3, 0.4) is 0 Å². The van der Waals surface area contributed by atoms with E-state index in [4.69, 9.17) is 6.58 Å². The molecule has 0 spiro atoms. The first kappa shape index (κ1) is 6.74. The number of hydrogen-bond acceptors (Lipinski definition) is 0. The van der Waals surface area contributed by atoms with Crippen molar-refractivity contribution in [1.29, 1.82) is 0 Å². The lowest BCUT2D eigenvalue weighted by Gasteiger charge is -2.01. The van der Waals surface area contributed by atoms with Crippen LogP contribution in [0.4, 0.5) is 0 Å². The lowest BCUT2D eigenvalue weighted by molar-refractivity contribution is 0.607. The van der Waals surface area contributed by atoms with Crippen molar-refractivity contribution in [3.63, 3.8) is 0 Å². The van der Waals surface area contributed by atoms with Gasteiger partial charge in [0, 0.05) is 0 Å². The van der Waals surface area contributed by atoms with E-state index in [1.54, 1.807) is 6.08 Å². The Bertz CT molecular complexity index is 42.0. The van der Waals surface area contributed by atoms with Crippen LogP contribution in [-0.2, 0) is 0 Å². The van der Waals surface area contributed by atoms with Crippen LogP contribution in [0.15, 0.2) is 6.08 Å². The number of hydrogen-bond donors (Lipinski definition) is 0. The van der Waals surface area contributed by atoms with Crippen LogP contribution in [0.5, 0.6) is 0 Å². The van der Waals surface area contributed by atoms with Gasteiger partial charge in [0.1, 0.15) is 0 Å². The quantitative estimate of drug-likeness (QED) is 0.507. The second-order valence-corrected chi connectivity index (χ2v) is 1.77. The van der Waals surface area contributed by atoms with Gasteiger partial charge in [-0.05, 0) is 18.8 Å². The molecule has 0 N–H and O–H groups in total. The average molecular weight is 97.2 g/mol. The van der Waals surface area contributed by atoms with Crippen molar-refractivity contribution in [1.82, 2.24) is 0 Å². The molecule has 0 rings (SSSR count). The van der Waals surface area contributed by atoms with E-state index in [-0.39, 0.29) is 0 Å². The van der Waals surface area contributed by atoms with Crippen LogP contribution in [0.1, 0.15) is 26.7 Å². The smallest absolute Gasteiger partial charge is 0.0236 e. The molecule has 0 bridgehead atoms. The summed E-state index contributed by atoms with van der Waals surface area (Å²) in [5.74, 6) is 0.639. The van der Waals surface area contributed by atoms with Crippen molar-refractivity contribution in [2.75, 3.05) is 0 Å². The van der Waals surface area contributed by atoms with E-state index in [0.717, 1.165) is 0 Å². The molecular formula is C7H13. The average Bonchev–Trinajstić information content (AvgIpc) is 1.72. The Morgan fingerprint density at radius 3 is 1.86 bits per heavy atom. The Hall–Kier alpha value is -0.260. The van der Waals surface area contributed by atoms with Gasteiger partial charge in [0.25, 0.3) is 0 Å². The first-order chi connectivity index (χ1) is 3.35. The number of allylic oxidation sites excluding steroid dienone is 1. The third kappa shape index (κ3) is 2.44. The first-order valence-electron chi connectivity index (χ1n) is 2.90. The fraction of sp³-hybridized carbons (Fsp3) is 0.714. The van der Waals surface area contributed by atoms with E-state index < -0.39 is 0 Å². The minimum atomic E-state index is 0.639. The van der Waals surface area contributed by atoms with Crippen molar-refractivity contribution < 1.29 is 0 Å². The van der Waals surface area contributed by atoms with Gasteiger partial charge in [0.05, 0.1) is 0 Å². The summed E-state index contributed by atoms with van der Waals surface area (Å²) in [6, 6.07) is 0. The number of rotatable bonds is 3. The highest BCUT2D eigenvalue weighted by Gasteiger charge is 1.92. The van der Waals surface area contributed by atoms with Gasteiger partial charge in [-0.25, -0.2) is 0 Å². The Morgan fingerprint density at radius 1 is 1.43 bits per heavy atom. The highest BCUT2D eigenvalue weighted by atomic mass is 14.0. The summed E-state index contributed by atoms with van der Waals surface area (Å²) in [7, 11) is 0. The largest absolute Gasteiger partial charge is 0.0815 e. The molecule has 0 heteroatoms. The molecule has 7 heavy (non-hydrogen) atoms. The Balaban J connectivity index is 3.16. The third-order valence-electron chi connectivity index (χ3n) is 1.32. The van der Waals surface area contributed by atoms with E-state index in [0.29, 0.717) is 5.92 Å². The molecule has 0 aliphatic rings. The standard InChI is InChI=1S/C7H13/c1-4-7(5-2)6-3/h1,4,7H,5-6H2,2-3H3. The molecule has 0 aromatic carbocycles. The molecule has 0 unspecified atom stereocenters. The van der Waals surface area contributed by atoms with Gasteiger partial charge in [-0.1, -0.05) is 26.5 Å². The van der Waals surface area contributed by atoms with Gasteiger partial charge in [-0.15, -0.1) is 0 Å². The maximum atomic E-state index is 5.27. The molecular weight excluding hydrogens is 84.1 g/mol. The summed E-state index contributed by atoms with van der Waals surface area (Å²) >= 11 is 0. The van der Waals surface area contributed by atoms with Crippen molar-refractivity contribution in [3.8, 4) is 0 Å². The molecule has 0 aromatic heterocycles. The zero-order valence-electron chi connectivity index (χ0n) is 5.15. The van der Waals surface area contributed by atoms with Gasteiger partial charge in [-0.3, -0.25) is 0 Å². The fourth-order valence-electron chi connectivity index (χ4n) is 0.561. The second-order valence-electron chi connectivity index (χ2n) is 1.77. The van der Waals surface area contributed by atoms with E-state index >= 15 is 0 Å². The van der Waals surface area contributed by atoms with Crippen LogP contribution in [0.25, 0.3) is 0 Å². The molecule has 41 valence electrons. The monoisotopic (exact) mass is 97.1 g/mol. The SMILES string of the molecule is [CH]=CC(CC)CC. The lowest BCUT2D eigenvalue weighted by atomic mass is 10.0.